The van der Waals surface area contributed by atoms with Gasteiger partial charge in [0, 0.05) is 11.7 Å². The number of carbonyl (C=O) groups excluding carboxylic acids is 1. The number of amides is 1. The highest BCUT2D eigenvalue weighted by Crippen LogP contribution is 2.32. The number of aliphatic hydroxyl groups excluding tert-OH is 1. The summed E-state index contributed by atoms with van der Waals surface area (Å²) in [5.41, 5.74) is 0.203. The Balaban J connectivity index is 2.20. The molecule has 1 aromatic rings. The molecule has 0 spiro atoms. The Morgan fingerprint density at radius 1 is 1.30 bits per heavy atom. The van der Waals surface area contributed by atoms with Crippen LogP contribution in [0.3, 0.4) is 0 Å². The number of rotatable bonds is 3. The predicted molar refractivity (Wildman–Crippen MR) is 75.0 cm³/mol. The van der Waals surface area contributed by atoms with Gasteiger partial charge in [0.05, 0.1) is 16.9 Å². The largest absolute Gasteiger partial charge is 0.501 e. The summed E-state index contributed by atoms with van der Waals surface area (Å²) < 4.78 is 60.3. The summed E-state index contributed by atoms with van der Waals surface area (Å²) >= 11 is 0. The van der Waals surface area contributed by atoms with Gasteiger partial charge in [-0.25, -0.2) is 8.42 Å². The van der Waals surface area contributed by atoms with Gasteiger partial charge in [-0.05, 0) is 31.0 Å². The highest BCUT2D eigenvalue weighted by molar-refractivity contribution is 7.92. The zero-order valence-corrected chi connectivity index (χ0v) is 12.6. The van der Waals surface area contributed by atoms with Crippen molar-refractivity contribution in [1.29, 1.82) is 0 Å². The molecule has 0 saturated heterocycles. The monoisotopic (exact) mass is 352 g/mol. The summed E-state index contributed by atoms with van der Waals surface area (Å²) in [4.78, 5) is 11.1. The third-order valence-corrected chi connectivity index (χ3v) is 5.12. The maximum absolute atomic E-state index is 12.5. The molecule has 23 heavy (non-hydrogen) atoms. The van der Waals surface area contributed by atoms with Crippen LogP contribution in [0, 0.1) is 5.92 Å². The van der Waals surface area contributed by atoms with Gasteiger partial charge in [-0.1, -0.05) is 6.07 Å². The van der Waals surface area contributed by atoms with Crippen molar-refractivity contribution in [2.45, 2.75) is 35.4 Å². The standard InChI is InChI=1S/C13H15F3N2O4S/c14-13(15,16)23(21,22)9-3-1-2-7(4-9)18-12(20)10-5-8(19)6-11(10)17/h1-4,8,10-11,19H,5-6,17H2,(H,18,20)/t8?,10-,11?/m0/s1. The number of carbonyl (C=O) groups is 1. The van der Waals surface area contributed by atoms with Gasteiger partial charge in [-0.3, -0.25) is 4.79 Å². The average Bonchev–Trinajstić information content (AvgIpc) is 2.77. The first-order chi connectivity index (χ1) is 10.5. The van der Waals surface area contributed by atoms with Crippen molar-refractivity contribution < 1.29 is 31.5 Å². The molecule has 6 nitrogen and oxygen atoms in total. The quantitative estimate of drug-likeness (QED) is 0.752. The van der Waals surface area contributed by atoms with Crippen LogP contribution in [0.25, 0.3) is 0 Å². The van der Waals surface area contributed by atoms with Gasteiger partial charge >= 0.3 is 5.51 Å². The molecular weight excluding hydrogens is 337 g/mol. The molecular formula is C13H15F3N2O4S. The van der Waals surface area contributed by atoms with Gasteiger partial charge in [-0.2, -0.15) is 13.2 Å². The second-order valence-corrected chi connectivity index (χ2v) is 7.30. The first kappa shape index (κ1) is 17.7. The highest BCUT2D eigenvalue weighted by Gasteiger charge is 2.47. The molecule has 2 unspecified atom stereocenters. The van der Waals surface area contributed by atoms with Crippen molar-refractivity contribution in [2.75, 3.05) is 5.32 Å². The van der Waals surface area contributed by atoms with Crippen LogP contribution in [0.5, 0.6) is 0 Å². The lowest BCUT2D eigenvalue weighted by molar-refractivity contribution is -0.120. The van der Waals surface area contributed by atoms with Gasteiger partial charge in [-0.15, -0.1) is 0 Å². The first-order valence-corrected chi connectivity index (χ1v) is 8.16. The van der Waals surface area contributed by atoms with Crippen molar-refractivity contribution in [3.8, 4) is 0 Å². The van der Waals surface area contributed by atoms with Crippen LogP contribution in [0.4, 0.5) is 18.9 Å². The van der Waals surface area contributed by atoms with Crippen LogP contribution < -0.4 is 11.1 Å². The molecule has 0 aliphatic heterocycles. The van der Waals surface area contributed by atoms with Crippen LogP contribution >= 0.6 is 0 Å². The number of sulfone groups is 1. The molecule has 1 aromatic carbocycles. The summed E-state index contributed by atoms with van der Waals surface area (Å²) in [6.45, 7) is 0. The number of anilines is 1. The second kappa shape index (κ2) is 6.10. The van der Waals surface area contributed by atoms with Gasteiger partial charge in [0.15, 0.2) is 0 Å². The Hall–Kier alpha value is -1.65. The van der Waals surface area contributed by atoms with E-state index in [2.05, 4.69) is 5.32 Å². The molecule has 4 N–H and O–H groups in total. The number of halogens is 3. The molecule has 1 aliphatic rings. The molecule has 0 aromatic heterocycles. The minimum Gasteiger partial charge on any atom is -0.393 e. The fourth-order valence-corrected chi connectivity index (χ4v) is 3.26. The molecule has 1 amide bonds. The van der Waals surface area contributed by atoms with Crippen LogP contribution in [0.2, 0.25) is 0 Å². The Morgan fingerprint density at radius 2 is 1.96 bits per heavy atom. The Kier molecular flexibility index (Phi) is 4.69. The number of nitrogens with two attached hydrogens (primary N) is 1. The minimum absolute atomic E-state index is 0.0890. The lowest BCUT2D eigenvalue weighted by Crippen LogP contribution is -2.34. The van der Waals surface area contributed by atoms with Crippen LogP contribution in [-0.2, 0) is 14.6 Å². The normalized spacial score (nSPS) is 25.3. The second-order valence-electron chi connectivity index (χ2n) is 5.36. The van der Waals surface area contributed by atoms with Crippen LogP contribution in [0.1, 0.15) is 12.8 Å². The van der Waals surface area contributed by atoms with Crippen LogP contribution in [-0.4, -0.2) is 37.1 Å². The van der Waals surface area contributed by atoms with E-state index in [1.54, 1.807) is 0 Å². The third-order valence-electron chi connectivity index (χ3n) is 3.64. The van der Waals surface area contributed by atoms with E-state index >= 15 is 0 Å². The molecule has 1 aliphatic carbocycles. The number of hydrogen-bond donors (Lipinski definition) is 3. The van der Waals surface area contributed by atoms with E-state index < -0.39 is 44.2 Å². The summed E-state index contributed by atoms with van der Waals surface area (Å²) in [7, 11) is -5.49. The molecule has 10 heteroatoms. The van der Waals surface area contributed by atoms with Crippen molar-refractivity contribution in [3.05, 3.63) is 24.3 Å². The predicted octanol–water partition coefficient (Wildman–Crippen LogP) is 1.02. The van der Waals surface area contributed by atoms with E-state index in [9.17, 15) is 31.5 Å². The van der Waals surface area contributed by atoms with Crippen molar-refractivity contribution in [1.82, 2.24) is 0 Å². The van der Waals surface area contributed by atoms with Crippen LogP contribution in [0.15, 0.2) is 29.2 Å². The van der Waals surface area contributed by atoms with Crippen molar-refractivity contribution >= 4 is 21.4 Å². The number of hydrogen-bond acceptors (Lipinski definition) is 5. The Morgan fingerprint density at radius 3 is 2.48 bits per heavy atom. The van der Waals surface area contributed by atoms with Gasteiger partial charge < -0.3 is 16.2 Å². The minimum atomic E-state index is -5.49. The zero-order valence-electron chi connectivity index (χ0n) is 11.7. The topological polar surface area (TPSA) is 109 Å². The summed E-state index contributed by atoms with van der Waals surface area (Å²) in [5.74, 6) is -1.26. The number of benzene rings is 1. The number of alkyl halides is 3. The van der Waals surface area contributed by atoms with Crippen molar-refractivity contribution in [3.63, 3.8) is 0 Å². The average molecular weight is 352 g/mol. The number of aliphatic hydroxyl groups is 1. The molecule has 2 rings (SSSR count). The van der Waals surface area contributed by atoms with E-state index in [0.29, 0.717) is 0 Å². The molecule has 0 heterocycles. The van der Waals surface area contributed by atoms with E-state index in [0.717, 1.165) is 18.2 Å². The van der Waals surface area contributed by atoms with Gasteiger partial charge in [0.2, 0.25) is 5.91 Å². The van der Waals surface area contributed by atoms with Gasteiger partial charge in [0.1, 0.15) is 0 Å². The summed E-state index contributed by atoms with van der Waals surface area (Å²) in [6.07, 6.45) is -0.314. The molecule has 1 fully saturated rings. The van der Waals surface area contributed by atoms with E-state index in [-0.39, 0.29) is 18.5 Å². The maximum atomic E-state index is 12.5. The molecule has 1 saturated carbocycles. The first-order valence-electron chi connectivity index (χ1n) is 6.68. The Bertz CT molecular complexity index is 705. The molecule has 3 atom stereocenters. The molecule has 128 valence electrons. The summed E-state index contributed by atoms with van der Waals surface area (Å²) in [5, 5.41) is 11.8. The molecule has 0 bridgehead atoms. The van der Waals surface area contributed by atoms with Gasteiger partial charge in [0.25, 0.3) is 9.84 Å². The van der Waals surface area contributed by atoms with E-state index in [1.807, 2.05) is 0 Å². The highest BCUT2D eigenvalue weighted by atomic mass is 32.2. The fourth-order valence-electron chi connectivity index (χ4n) is 2.45. The lowest BCUT2D eigenvalue weighted by Gasteiger charge is -2.15. The summed E-state index contributed by atoms with van der Waals surface area (Å²) in [6, 6.07) is 3.33. The molecule has 0 radical (unpaired) electrons. The maximum Gasteiger partial charge on any atom is 0.501 e. The fraction of sp³-hybridized carbons (Fsp3) is 0.462. The SMILES string of the molecule is NC1CC(O)C[C@@H]1C(=O)Nc1cccc(S(=O)(=O)C(F)(F)F)c1. The Labute approximate surface area is 130 Å². The lowest BCUT2D eigenvalue weighted by atomic mass is 10.0. The third kappa shape index (κ3) is 3.65. The van der Waals surface area contributed by atoms with Crippen molar-refractivity contribution in [2.24, 2.45) is 11.7 Å². The zero-order chi connectivity index (χ0) is 17.4. The number of nitrogens with one attached hydrogen (secondary N) is 1. The van der Waals surface area contributed by atoms with E-state index in [1.165, 1.54) is 6.07 Å². The van der Waals surface area contributed by atoms with E-state index in [4.69, 9.17) is 5.73 Å². The smallest absolute Gasteiger partial charge is 0.393 e.